The number of rotatable bonds is 7. The van der Waals surface area contributed by atoms with E-state index < -0.39 is 13.9 Å². The van der Waals surface area contributed by atoms with Crippen LogP contribution in [0.15, 0.2) is 60.7 Å². The lowest BCUT2D eigenvalue weighted by Gasteiger charge is -2.40. The highest BCUT2D eigenvalue weighted by molar-refractivity contribution is 6.74. The molecule has 2 aliphatic rings. The maximum atomic E-state index is 12.7. The topological polar surface area (TPSA) is 54.0 Å². The SMILES string of the molecule is C=C/C=C1/C(=O)O[C@@]2(COc3ccc(OC)cc3)C=C[C@@H](O[Si](C)(C)C(C)(C)C)[C@@H]12. The number of benzene rings is 1. The van der Waals surface area contributed by atoms with E-state index in [-0.39, 0.29) is 29.6 Å². The fourth-order valence-electron chi connectivity index (χ4n) is 3.61. The lowest BCUT2D eigenvalue weighted by molar-refractivity contribution is -0.146. The minimum Gasteiger partial charge on any atom is -0.497 e. The molecular formula is C24H32O5Si. The van der Waals surface area contributed by atoms with Gasteiger partial charge in [0.1, 0.15) is 18.1 Å². The van der Waals surface area contributed by atoms with Crippen LogP contribution in [0, 0.1) is 5.92 Å². The second kappa shape index (κ2) is 8.08. The average molecular weight is 429 g/mol. The van der Waals surface area contributed by atoms with E-state index in [2.05, 4.69) is 40.4 Å². The molecule has 1 saturated heterocycles. The van der Waals surface area contributed by atoms with Crippen molar-refractivity contribution in [2.24, 2.45) is 5.92 Å². The maximum Gasteiger partial charge on any atom is 0.335 e. The molecule has 1 aliphatic heterocycles. The molecule has 6 heteroatoms. The molecule has 1 heterocycles. The quantitative estimate of drug-likeness (QED) is 0.263. The van der Waals surface area contributed by atoms with Crippen molar-refractivity contribution in [2.45, 2.75) is 50.6 Å². The summed E-state index contributed by atoms with van der Waals surface area (Å²) >= 11 is 0. The molecule has 1 fully saturated rings. The molecule has 1 aromatic rings. The summed E-state index contributed by atoms with van der Waals surface area (Å²) in [6.45, 7) is 15.0. The van der Waals surface area contributed by atoms with E-state index in [4.69, 9.17) is 18.6 Å². The summed E-state index contributed by atoms with van der Waals surface area (Å²) in [5, 5.41) is 0.0530. The molecule has 1 aliphatic carbocycles. The highest BCUT2D eigenvalue weighted by Gasteiger charge is 2.59. The van der Waals surface area contributed by atoms with Gasteiger partial charge in [0.2, 0.25) is 0 Å². The van der Waals surface area contributed by atoms with Crippen LogP contribution in [0.5, 0.6) is 11.5 Å². The van der Waals surface area contributed by atoms with Crippen molar-refractivity contribution in [3.05, 3.63) is 60.7 Å². The first-order valence-electron chi connectivity index (χ1n) is 10.2. The van der Waals surface area contributed by atoms with Gasteiger partial charge in [0.05, 0.1) is 19.1 Å². The predicted molar refractivity (Wildman–Crippen MR) is 120 cm³/mol. The Morgan fingerprint density at radius 2 is 1.83 bits per heavy atom. The van der Waals surface area contributed by atoms with E-state index in [1.807, 2.05) is 36.4 Å². The molecule has 162 valence electrons. The largest absolute Gasteiger partial charge is 0.497 e. The van der Waals surface area contributed by atoms with E-state index in [0.717, 1.165) is 5.75 Å². The lowest BCUT2D eigenvalue weighted by atomic mass is 9.86. The molecule has 0 radical (unpaired) electrons. The van der Waals surface area contributed by atoms with Crippen LogP contribution in [0.25, 0.3) is 0 Å². The summed E-state index contributed by atoms with van der Waals surface area (Å²) in [4.78, 5) is 12.7. The first kappa shape index (κ1) is 22.4. The van der Waals surface area contributed by atoms with E-state index in [1.54, 1.807) is 19.3 Å². The Labute approximate surface area is 180 Å². The zero-order chi connectivity index (χ0) is 22.2. The van der Waals surface area contributed by atoms with Gasteiger partial charge < -0.3 is 18.6 Å². The number of allylic oxidation sites excluding steroid dienone is 2. The summed E-state index contributed by atoms with van der Waals surface area (Å²) < 4.78 is 23.8. The van der Waals surface area contributed by atoms with Crippen molar-refractivity contribution < 1.29 is 23.4 Å². The normalized spacial score (nSPS) is 27.1. The van der Waals surface area contributed by atoms with Crippen molar-refractivity contribution in [2.75, 3.05) is 13.7 Å². The van der Waals surface area contributed by atoms with E-state index in [0.29, 0.717) is 11.3 Å². The number of esters is 1. The van der Waals surface area contributed by atoms with Crippen LogP contribution in [0.4, 0.5) is 0 Å². The summed E-state index contributed by atoms with van der Waals surface area (Å²) in [5.41, 5.74) is -0.309. The maximum absolute atomic E-state index is 12.7. The van der Waals surface area contributed by atoms with Gasteiger partial charge in [-0.1, -0.05) is 45.6 Å². The molecule has 0 aromatic heterocycles. The van der Waals surface area contributed by atoms with Gasteiger partial charge >= 0.3 is 5.97 Å². The molecule has 0 unspecified atom stereocenters. The molecular weight excluding hydrogens is 396 g/mol. The molecule has 0 saturated carbocycles. The molecule has 30 heavy (non-hydrogen) atoms. The highest BCUT2D eigenvalue weighted by Crippen LogP contribution is 2.49. The van der Waals surface area contributed by atoms with Gasteiger partial charge in [-0.2, -0.15) is 0 Å². The fourth-order valence-corrected chi connectivity index (χ4v) is 4.85. The van der Waals surface area contributed by atoms with Crippen LogP contribution in [-0.2, 0) is 14.0 Å². The zero-order valence-corrected chi connectivity index (χ0v) is 19.7. The van der Waals surface area contributed by atoms with Crippen molar-refractivity contribution in [1.29, 1.82) is 0 Å². The van der Waals surface area contributed by atoms with E-state index in [1.165, 1.54) is 0 Å². The van der Waals surface area contributed by atoms with Crippen molar-refractivity contribution in [3.8, 4) is 11.5 Å². The van der Waals surface area contributed by atoms with Crippen LogP contribution in [0.1, 0.15) is 20.8 Å². The predicted octanol–water partition coefficient (Wildman–Crippen LogP) is 5.06. The van der Waals surface area contributed by atoms with Gasteiger partial charge in [-0.25, -0.2) is 4.79 Å². The van der Waals surface area contributed by atoms with Gasteiger partial charge in [-0.05, 0) is 48.5 Å². The van der Waals surface area contributed by atoms with Crippen molar-refractivity contribution in [1.82, 2.24) is 0 Å². The average Bonchev–Trinajstić information content (AvgIpc) is 3.14. The molecule has 5 nitrogen and oxygen atoms in total. The minimum atomic E-state index is -2.06. The van der Waals surface area contributed by atoms with Gasteiger partial charge in [0.25, 0.3) is 0 Å². The van der Waals surface area contributed by atoms with Crippen LogP contribution in [-0.4, -0.2) is 39.7 Å². The fraction of sp³-hybridized carbons (Fsp3) is 0.458. The van der Waals surface area contributed by atoms with Gasteiger partial charge in [-0.3, -0.25) is 0 Å². The molecule has 1 aromatic carbocycles. The van der Waals surface area contributed by atoms with Gasteiger partial charge in [-0.15, -0.1) is 0 Å². The molecule has 0 amide bonds. The summed E-state index contributed by atoms with van der Waals surface area (Å²) in [5.74, 6) is 0.829. The Morgan fingerprint density at radius 1 is 1.20 bits per heavy atom. The standard InChI is InChI=1S/C24H32O5Si/c1-8-9-19-21-20(29-30(6,7)23(2,3)4)14-15-24(21,28-22(19)25)16-27-18-12-10-17(26-5)11-13-18/h8-15,20-21H,1,16H2,2-7H3/b19-9+/t20-,21-,24-/m1/s1. The van der Waals surface area contributed by atoms with Crippen LogP contribution < -0.4 is 9.47 Å². The Balaban J connectivity index is 1.87. The van der Waals surface area contributed by atoms with Crippen LogP contribution in [0.3, 0.4) is 0 Å². The van der Waals surface area contributed by atoms with E-state index in [9.17, 15) is 4.79 Å². The van der Waals surface area contributed by atoms with Gasteiger partial charge in [0.15, 0.2) is 13.9 Å². The van der Waals surface area contributed by atoms with Gasteiger partial charge in [0, 0.05) is 5.57 Å². The van der Waals surface area contributed by atoms with Crippen LogP contribution >= 0.6 is 0 Å². The number of hydrogen-bond donors (Lipinski definition) is 0. The molecule has 0 bridgehead atoms. The Hall–Kier alpha value is -2.31. The third-order valence-electron chi connectivity index (χ3n) is 6.33. The second-order valence-electron chi connectivity index (χ2n) is 9.35. The number of carbonyl (C=O) groups excluding carboxylic acids is 1. The van der Waals surface area contributed by atoms with Crippen LogP contribution in [0.2, 0.25) is 18.1 Å². The number of fused-ring (bicyclic) bond motifs is 1. The highest BCUT2D eigenvalue weighted by atomic mass is 28.4. The first-order valence-corrected chi connectivity index (χ1v) is 13.1. The number of ether oxygens (including phenoxy) is 3. The third-order valence-corrected chi connectivity index (χ3v) is 10.8. The number of carbonyl (C=O) groups is 1. The Bertz CT molecular complexity index is 863. The molecule has 0 spiro atoms. The summed E-state index contributed by atoms with van der Waals surface area (Å²) in [7, 11) is -0.439. The van der Waals surface area contributed by atoms with Crippen molar-refractivity contribution in [3.63, 3.8) is 0 Å². The smallest absolute Gasteiger partial charge is 0.335 e. The number of methoxy groups -OCH3 is 1. The molecule has 0 N–H and O–H groups in total. The number of hydrogen-bond acceptors (Lipinski definition) is 5. The summed E-state index contributed by atoms with van der Waals surface area (Å²) in [6.07, 6.45) is 7.06. The molecule has 3 rings (SSSR count). The third kappa shape index (κ3) is 4.11. The molecule has 3 atom stereocenters. The Kier molecular flexibility index (Phi) is 6.02. The zero-order valence-electron chi connectivity index (χ0n) is 18.7. The first-order chi connectivity index (χ1) is 14.0. The van der Waals surface area contributed by atoms with Crippen molar-refractivity contribution >= 4 is 14.3 Å². The second-order valence-corrected chi connectivity index (χ2v) is 14.1. The minimum absolute atomic E-state index is 0.0530. The Morgan fingerprint density at radius 3 is 2.40 bits per heavy atom. The van der Waals surface area contributed by atoms with E-state index >= 15 is 0 Å². The summed E-state index contributed by atoms with van der Waals surface area (Å²) in [6, 6.07) is 7.35. The lowest BCUT2D eigenvalue weighted by Crippen LogP contribution is -2.48. The monoisotopic (exact) mass is 428 g/mol.